The second-order valence-electron chi connectivity index (χ2n) is 5.74. The van der Waals surface area contributed by atoms with Crippen LogP contribution < -0.4 is 5.32 Å². The van der Waals surface area contributed by atoms with Crippen LogP contribution in [0.3, 0.4) is 0 Å². The van der Waals surface area contributed by atoms with Crippen molar-refractivity contribution in [3.8, 4) is 0 Å². The summed E-state index contributed by atoms with van der Waals surface area (Å²) >= 11 is 0. The molecule has 0 amide bonds. The molecule has 110 valence electrons. The summed E-state index contributed by atoms with van der Waals surface area (Å²) in [6, 6.07) is 4.23. The van der Waals surface area contributed by atoms with Crippen molar-refractivity contribution in [1.82, 2.24) is 15.1 Å². The Hall–Kier alpha value is -1.04. The van der Waals surface area contributed by atoms with Gasteiger partial charge in [-0.1, -0.05) is 0 Å². The number of nitrogens with one attached hydrogen (secondary N) is 1. The molecular weight excluding hydrogens is 260 g/mol. The van der Waals surface area contributed by atoms with Crippen molar-refractivity contribution in [2.45, 2.75) is 18.5 Å². The zero-order valence-electron chi connectivity index (χ0n) is 11.8. The molecule has 1 aromatic carbocycles. The van der Waals surface area contributed by atoms with Gasteiger partial charge in [-0.15, -0.1) is 0 Å². The Morgan fingerprint density at radius 3 is 2.60 bits per heavy atom. The van der Waals surface area contributed by atoms with Crippen molar-refractivity contribution in [3.63, 3.8) is 0 Å². The highest BCUT2D eigenvalue weighted by Gasteiger charge is 2.36. The summed E-state index contributed by atoms with van der Waals surface area (Å²) in [6.45, 7) is 5.42. The maximum Gasteiger partial charge on any atom is 0.126 e. The molecule has 3 aliphatic rings. The summed E-state index contributed by atoms with van der Waals surface area (Å²) in [6.07, 6.45) is 0.523. The third-order valence-corrected chi connectivity index (χ3v) is 4.60. The van der Waals surface area contributed by atoms with Crippen LogP contribution >= 0.6 is 0 Å². The van der Waals surface area contributed by atoms with E-state index in [9.17, 15) is 8.78 Å². The average molecular weight is 281 g/mol. The first kappa shape index (κ1) is 13.9. The van der Waals surface area contributed by atoms with Gasteiger partial charge in [-0.05, 0) is 37.2 Å². The van der Waals surface area contributed by atoms with E-state index in [1.165, 1.54) is 18.2 Å². The predicted octanol–water partition coefficient (Wildman–Crippen LogP) is 1.10. The van der Waals surface area contributed by atoms with Crippen molar-refractivity contribution < 1.29 is 8.78 Å². The molecule has 3 aliphatic heterocycles. The fourth-order valence-corrected chi connectivity index (χ4v) is 3.41. The molecule has 3 nitrogen and oxygen atoms in total. The van der Waals surface area contributed by atoms with Crippen LogP contribution in [0.4, 0.5) is 8.78 Å². The standard InChI is InChI=1S/C15H21F2N3/c1-18-14(9-11-8-12(16)2-3-13(11)17)15-10-19-4-6-20(15)7-5-19/h2-3,8,14-15,18H,4-7,9-10H2,1H3. The molecule has 3 saturated heterocycles. The third kappa shape index (κ3) is 2.71. The van der Waals surface area contributed by atoms with Gasteiger partial charge in [0, 0.05) is 44.8 Å². The number of fused-ring (bicyclic) bond motifs is 3. The zero-order chi connectivity index (χ0) is 14.1. The van der Waals surface area contributed by atoms with E-state index in [1.54, 1.807) is 0 Å². The molecule has 2 unspecified atom stereocenters. The lowest BCUT2D eigenvalue weighted by Crippen LogP contribution is -2.66. The van der Waals surface area contributed by atoms with Crippen LogP contribution in [0.1, 0.15) is 5.56 Å². The Labute approximate surface area is 118 Å². The minimum Gasteiger partial charge on any atom is -0.315 e. The molecule has 0 saturated carbocycles. The Kier molecular flexibility index (Phi) is 4.01. The summed E-state index contributed by atoms with van der Waals surface area (Å²) < 4.78 is 27.1. The fraction of sp³-hybridized carbons (Fsp3) is 0.600. The van der Waals surface area contributed by atoms with Gasteiger partial charge in [0.2, 0.25) is 0 Å². The number of benzene rings is 1. The predicted molar refractivity (Wildman–Crippen MR) is 74.7 cm³/mol. The van der Waals surface area contributed by atoms with Crippen molar-refractivity contribution in [2.24, 2.45) is 0 Å². The van der Waals surface area contributed by atoms with Crippen LogP contribution in [0.15, 0.2) is 18.2 Å². The molecule has 5 heteroatoms. The summed E-state index contributed by atoms with van der Waals surface area (Å²) in [7, 11) is 1.90. The first-order valence-corrected chi connectivity index (χ1v) is 7.25. The molecule has 0 aliphatic carbocycles. The second kappa shape index (κ2) is 5.76. The van der Waals surface area contributed by atoms with E-state index in [-0.39, 0.29) is 17.7 Å². The molecule has 2 bridgehead atoms. The zero-order valence-corrected chi connectivity index (χ0v) is 11.8. The quantitative estimate of drug-likeness (QED) is 0.891. The Morgan fingerprint density at radius 2 is 2.00 bits per heavy atom. The first-order valence-electron chi connectivity index (χ1n) is 7.25. The van der Waals surface area contributed by atoms with Crippen LogP contribution in [-0.4, -0.2) is 61.7 Å². The van der Waals surface area contributed by atoms with Gasteiger partial charge < -0.3 is 5.32 Å². The molecule has 3 fully saturated rings. The SMILES string of the molecule is CNC(Cc1cc(F)ccc1F)C1CN2CCN1CC2. The van der Waals surface area contributed by atoms with Gasteiger partial charge in [0.1, 0.15) is 11.6 Å². The summed E-state index contributed by atoms with van der Waals surface area (Å²) in [5.41, 5.74) is 0.460. The molecule has 20 heavy (non-hydrogen) atoms. The maximum absolute atomic E-state index is 13.8. The summed E-state index contributed by atoms with van der Waals surface area (Å²) in [5, 5.41) is 3.29. The van der Waals surface area contributed by atoms with E-state index in [4.69, 9.17) is 0 Å². The van der Waals surface area contributed by atoms with Gasteiger partial charge in [-0.3, -0.25) is 9.80 Å². The lowest BCUT2D eigenvalue weighted by molar-refractivity contribution is -0.00213. The number of halogens is 2. The van der Waals surface area contributed by atoms with Crippen LogP contribution in [-0.2, 0) is 6.42 Å². The lowest BCUT2D eigenvalue weighted by atomic mass is 9.94. The van der Waals surface area contributed by atoms with Crippen LogP contribution in [0.5, 0.6) is 0 Å². The van der Waals surface area contributed by atoms with Crippen LogP contribution in [0.2, 0.25) is 0 Å². The highest BCUT2D eigenvalue weighted by molar-refractivity contribution is 5.20. The highest BCUT2D eigenvalue weighted by Crippen LogP contribution is 2.21. The molecule has 3 heterocycles. The topological polar surface area (TPSA) is 18.5 Å². The second-order valence-corrected chi connectivity index (χ2v) is 5.74. The molecule has 1 aromatic rings. The molecular formula is C15H21F2N3. The smallest absolute Gasteiger partial charge is 0.126 e. The normalized spacial score (nSPS) is 30.4. The fourth-order valence-electron chi connectivity index (χ4n) is 3.41. The van der Waals surface area contributed by atoms with Crippen molar-refractivity contribution in [3.05, 3.63) is 35.4 Å². The van der Waals surface area contributed by atoms with Gasteiger partial charge in [0.15, 0.2) is 0 Å². The number of hydrogen-bond acceptors (Lipinski definition) is 3. The summed E-state index contributed by atoms with van der Waals surface area (Å²) in [4.78, 5) is 4.93. The van der Waals surface area contributed by atoms with Crippen molar-refractivity contribution in [2.75, 3.05) is 39.8 Å². The molecule has 0 radical (unpaired) electrons. The summed E-state index contributed by atoms with van der Waals surface area (Å²) in [5.74, 6) is -0.687. The average Bonchev–Trinajstić information content (AvgIpc) is 2.49. The van der Waals surface area contributed by atoms with Gasteiger partial charge in [0.25, 0.3) is 0 Å². The molecule has 0 spiro atoms. The van der Waals surface area contributed by atoms with E-state index in [0.717, 1.165) is 32.7 Å². The Balaban J connectivity index is 1.75. The van der Waals surface area contributed by atoms with Gasteiger partial charge in [-0.25, -0.2) is 8.78 Å². The van der Waals surface area contributed by atoms with Gasteiger partial charge >= 0.3 is 0 Å². The Bertz CT molecular complexity index is 472. The lowest BCUT2D eigenvalue weighted by Gasteiger charge is -2.50. The van der Waals surface area contributed by atoms with E-state index >= 15 is 0 Å². The minimum atomic E-state index is -0.370. The van der Waals surface area contributed by atoms with Gasteiger partial charge in [-0.2, -0.15) is 0 Å². The molecule has 2 atom stereocenters. The van der Waals surface area contributed by atoms with Gasteiger partial charge in [0.05, 0.1) is 0 Å². The third-order valence-electron chi connectivity index (χ3n) is 4.60. The van der Waals surface area contributed by atoms with Crippen molar-refractivity contribution >= 4 is 0 Å². The number of piperazine rings is 3. The molecule has 0 aromatic heterocycles. The number of hydrogen-bond donors (Lipinski definition) is 1. The molecule has 1 N–H and O–H groups in total. The van der Waals surface area contributed by atoms with E-state index in [1.807, 2.05) is 7.05 Å². The van der Waals surface area contributed by atoms with E-state index in [0.29, 0.717) is 18.0 Å². The number of nitrogens with zero attached hydrogens (tertiary/aromatic N) is 2. The Morgan fingerprint density at radius 1 is 1.25 bits per heavy atom. The van der Waals surface area contributed by atoms with E-state index in [2.05, 4.69) is 15.1 Å². The van der Waals surface area contributed by atoms with Crippen LogP contribution in [0.25, 0.3) is 0 Å². The largest absolute Gasteiger partial charge is 0.315 e. The first-order chi connectivity index (χ1) is 9.67. The minimum absolute atomic E-state index is 0.148. The molecule has 4 rings (SSSR count). The highest BCUT2D eigenvalue weighted by atomic mass is 19.1. The van der Waals surface area contributed by atoms with Crippen molar-refractivity contribution in [1.29, 1.82) is 0 Å². The van der Waals surface area contributed by atoms with E-state index < -0.39 is 0 Å². The number of likely N-dealkylation sites (N-methyl/N-ethyl adjacent to an activating group) is 1. The monoisotopic (exact) mass is 281 g/mol. The maximum atomic E-state index is 13.8. The van der Waals surface area contributed by atoms with Crippen LogP contribution in [0, 0.1) is 11.6 Å². The number of rotatable bonds is 4.